The van der Waals surface area contributed by atoms with Crippen LogP contribution in [0.25, 0.3) is 106 Å². The van der Waals surface area contributed by atoms with Crippen LogP contribution in [0.5, 0.6) is 0 Å². The fraction of sp³-hybridized carbons (Fsp3) is 0. The highest BCUT2D eigenvalue weighted by molar-refractivity contribution is 6.18. The quantitative estimate of drug-likeness (QED) is 0.189. The smallest absolute Gasteiger partial charge is 0.164 e. The number of hydrogen-bond donors (Lipinski definition) is 0. The highest BCUT2D eigenvalue weighted by Crippen LogP contribution is 2.41. The van der Waals surface area contributed by atoms with Crippen LogP contribution in [0.1, 0.15) is 0 Å². The second kappa shape index (κ2) is 10.7. The van der Waals surface area contributed by atoms with Crippen molar-refractivity contribution in [3.8, 4) is 39.9 Å². The van der Waals surface area contributed by atoms with Gasteiger partial charge in [-0.05, 0) is 42.5 Å². The summed E-state index contributed by atoms with van der Waals surface area (Å²) in [5.74, 6) is 1.82. The molecule has 6 nitrogen and oxygen atoms in total. The van der Waals surface area contributed by atoms with Crippen LogP contribution in [0.4, 0.5) is 0 Å². The first-order chi connectivity index (χ1) is 25.3. The highest BCUT2D eigenvalue weighted by atomic mass is 16.3. The summed E-state index contributed by atoms with van der Waals surface area (Å²) in [4.78, 5) is 15.0. The maximum absolute atomic E-state index is 6.49. The van der Waals surface area contributed by atoms with Crippen molar-refractivity contribution in [2.75, 3.05) is 0 Å². The van der Waals surface area contributed by atoms with E-state index in [9.17, 15) is 0 Å². The van der Waals surface area contributed by atoms with Gasteiger partial charge in [0.05, 0.1) is 11.0 Å². The summed E-state index contributed by atoms with van der Waals surface area (Å²) < 4.78 is 15.3. The number of para-hydroxylation sites is 2. The topological polar surface area (TPSA) is 69.9 Å². The van der Waals surface area contributed by atoms with Crippen molar-refractivity contribution >= 4 is 65.7 Å². The van der Waals surface area contributed by atoms with Crippen LogP contribution >= 0.6 is 0 Å². The van der Waals surface area contributed by atoms with Gasteiger partial charge < -0.3 is 13.4 Å². The second-order valence-electron chi connectivity index (χ2n) is 12.8. The predicted molar refractivity (Wildman–Crippen MR) is 205 cm³/mol. The number of nitrogens with zero attached hydrogens (tertiary/aromatic N) is 4. The Hall–Kier alpha value is -7.05. The Labute approximate surface area is 290 Å². The average molecular weight is 655 g/mol. The molecule has 51 heavy (non-hydrogen) atoms. The molecule has 0 aliphatic carbocycles. The van der Waals surface area contributed by atoms with E-state index in [0.29, 0.717) is 17.5 Å². The predicted octanol–water partition coefficient (Wildman–Crippen LogP) is 11.8. The van der Waals surface area contributed by atoms with Crippen LogP contribution in [-0.4, -0.2) is 19.5 Å². The van der Waals surface area contributed by atoms with E-state index in [1.165, 1.54) is 21.8 Å². The molecule has 6 heteroatoms. The van der Waals surface area contributed by atoms with Gasteiger partial charge in [0.25, 0.3) is 0 Å². The van der Waals surface area contributed by atoms with Gasteiger partial charge in [0.2, 0.25) is 0 Å². The summed E-state index contributed by atoms with van der Waals surface area (Å²) in [6.45, 7) is 0. The number of fused-ring (bicyclic) bond motifs is 9. The standard InChI is InChI=1S/C45H26N4O2/c1-3-12-27(13-4-1)43-46-44(28-14-5-2-6-15-28)48-45(47-43)32-18-11-21-39-42(32)35-25-34-33-24-29(22-23-38(33)50-40(34)26-41(35)51-39)49-36-19-9-7-16-30(36)31-17-8-10-20-37(31)49/h1-26H. The average Bonchev–Trinajstić information content (AvgIpc) is 3.86. The minimum Gasteiger partial charge on any atom is -0.456 e. The molecule has 4 heterocycles. The molecule has 0 saturated carbocycles. The van der Waals surface area contributed by atoms with Crippen LogP contribution in [0, 0.1) is 0 Å². The first-order valence-electron chi connectivity index (χ1n) is 16.9. The number of aromatic nitrogens is 4. The normalized spacial score (nSPS) is 11.9. The van der Waals surface area contributed by atoms with Crippen LogP contribution < -0.4 is 0 Å². The fourth-order valence-electron chi connectivity index (χ4n) is 7.54. The minimum absolute atomic E-state index is 0.585. The van der Waals surface area contributed by atoms with Gasteiger partial charge in [-0.1, -0.05) is 109 Å². The molecule has 0 aliphatic heterocycles. The van der Waals surface area contributed by atoms with Crippen LogP contribution in [-0.2, 0) is 0 Å². The van der Waals surface area contributed by atoms with Gasteiger partial charge in [0, 0.05) is 60.8 Å². The molecular formula is C45H26N4O2. The molecule has 0 bridgehead atoms. The third-order valence-electron chi connectivity index (χ3n) is 9.85. The van der Waals surface area contributed by atoms with Crippen molar-refractivity contribution in [3.63, 3.8) is 0 Å². The SMILES string of the molecule is c1ccc(-c2nc(-c3ccccc3)nc(-c3cccc4oc5cc6oc7ccc(-n8c9ccccc9c9ccccc98)cc7c6cc5c34)n2)cc1. The summed E-state index contributed by atoms with van der Waals surface area (Å²) in [5.41, 5.74) is 9.23. The lowest BCUT2D eigenvalue weighted by Gasteiger charge is -2.09. The van der Waals surface area contributed by atoms with Crippen molar-refractivity contribution in [1.29, 1.82) is 0 Å². The van der Waals surface area contributed by atoms with Gasteiger partial charge in [-0.15, -0.1) is 0 Å². The zero-order valence-electron chi connectivity index (χ0n) is 27.1. The van der Waals surface area contributed by atoms with E-state index in [2.05, 4.69) is 83.4 Å². The zero-order valence-corrected chi connectivity index (χ0v) is 27.1. The number of rotatable bonds is 4. The molecule has 7 aromatic carbocycles. The summed E-state index contributed by atoms with van der Waals surface area (Å²) in [7, 11) is 0. The van der Waals surface area contributed by atoms with Gasteiger partial charge in [0.1, 0.15) is 22.3 Å². The van der Waals surface area contributed by atoms with Crippen molar-refractivity contribution in [3.05, 3.63) is 158 Å². The molecule has 11 rings (SSSR count). The lowest BCUT2D eigenvalue weighted by Crippen LogP contribution is -2.00. The van der Waals surface area contributed by atoms with Crippen molar-refractivity contribution in [2.24, 2.45) is 0 Å². The first-order valence-corrected chi connectivity index (χ1v) is 16.9. The Bertz CT molecular complexity index is 3030. The maximum atomic E-state index is 6.49. The first kappa shape index (κ1) is 27.9. The minimum atomic E-state index is 0.585. The molecule has 0 radical (unpaired) electrons. The summed E-state index contributed by atoms with van der Waals surface area (Å²) >= 11 is 0. The molecule has 0 atom stereocenters. The molecule has 0 unspecified atom stereocenters. The second-order valence-corrected chi connectivity index (χ2v) is 12.8. The molecule has 0 aliphatic rings. The monoisotopic (exact) mass is 654 g/mol. The number of furan rings is 2. The molecule has 0 saturated heterocycles. The van der Waals surface area contributed by atoms with Crippen LogP contribution in [0.2, 0.25) is 0 Å². The van der Waals surface area contributed by atoms with Crippen LogP contribution in [0.15, 0.2) is 167 Å². The lowest BCUT2D eigenvalue weighted by molar-refractivity contribution is 0.656. The van der Waals surface area contributed by atoms with Crippen LogP contribution in [0.3, 0.4) is 0 Å². The van der Waals surface area contributed by atoms with Gasteiger partial charge >= 0.3 is 0 Å². The van der Waals surface area contributed by atoms with Gasteiger partial charge in [-0.3, -0.25) is 0 Å². The Kier molecular flexibility index (Phi) is 5.86. The van der Waals surface area contributed by atoms with E-state index in [1.807, 2.05) is 78.9 Å². The molecule has 4 aromatic heterocycles. The van der Waals surface area contributed by atoms with Gasteiger partial charge in [0.15, 0.2) is 17.5 Å². The Morgan fingerprint density at radius 3 is 1.63 bits per heavy atom. The number of hydrogen-bond acceptors (Lipinski definition) is 5. The van der Waals surface area contributed by atoms with E-state index in [-0.39, 0.29) is 0 Å². The highest BCUT2D eigenvalue weighted by Gasteiger charge is 2.20. The molecule has 0 fully saturated rings. The van der Waals surface area contributed by atoms with E-state index in [0.717, 1.165) is 66.3 Å². The molecule has 0 N–H and O–H groups in total. The van der Waals surface area contributed by atoms with Gasteiger partial charge in [-0.2, -0.15) is 0 Å². The Morgan fingerprint density at radius 1 is 0.373 bits per heavy atom. The third-order valence-corrected chi connectivity index (χ3v) is 9.85. The zero-order chi connectivity index (χ0) is 33.5. The molecule has 238 valence electrons. The maximum Gasteiger partial charge on any atom is 0.164 e. The molecule has 0 spiro atoms. The Morgan fingerprint density at radius 2 is 0.941 bits per heavy atom. The summed E-state index contributed by atoms with van der Waals surface area (Å²) in [5, 5.41) is 6.44. The third kappa shape index (κ3) is 4.26. The Balaban J connectivity index is 1.15. The van der Waals surface area contributed by atoms with E-state index in [1.54, 1.807) is 0 Å². The molecule has 0 amide bonds. The van der Waals surface area contributed by atoms with Gasteiger partial charge in [-0.25, -0.2) is 15.0 Å². The van der Waals surface area contributed by atoms with Crippen molar-refractivity contribution in [2.45, 2.75) is 0 Å². The van der Waals surface area contributed by atoms with E-state index >= 15 is 0 Å². The van der Waals surface area contributed by atoms with Crippen molar-refractivity contribution in [1.82, 2.24) is 19.5 Å². The number of benzene rings is 7. The van der Waals surface area contributed by atoms with E-state index in [4.69, 9.17) is 23.8 Å². The summed E-state index contributed by atoms with van der Waals surface area (Å²) in [6.07, 6.45) is 0. The molecule has 11 aromatic rings. The molecular weight excluding hydrogens is 629 g/mol. The van der Waals surface area contributed by atoms with E-state index < -0.39 is 0 Å². The fourth-order valence-corrected chi connectivity index (χ4v) is 7.54. The largest absolute Gasteiger partial charge is 0.456 e. The summed E-state index contributed by atoms with van der Waals surface area (Å²) in [6, 6.07) is 53.9. The van der Waals surface area contributed by atoms with Crippen molar-refractivity contribution < 1.29 is 8.83 Å². The lowest BCUT2D eigenvalue weighted by atomic mass is 10.0.